The molecule has 0 bridgehead atoms. The largest absolute Gasteiger partial charge is 0.494 e. The number of carbonyl (C=O) groups is 1. The Labute approximate surface area is 178 Å². The van der Waals surface area contributed by atoms with Crippen molar-refractivity contribution < 1.29 is 9.53 Å². The highest BCUT2D eigenvalue weighted by Gasteiger charge is 2.33. The summed E-state index contributed by atoms with van der Waals surface area (Å²) < 4.78 is 8.25. The Kier molecular flexibility index (Phi) is 5.88. The Morgan fingerprint density at radius 3 is 2.83 bits per heavy atom. The predicted octanol–water partition coefficient (Wildman–Crippen LogP) is 4.62. The van der Waals surface area contributed by atoms with Crippen LogP contribution in [-0.2, 0) is 11.3 Å². The van der Waals surface area contributed by atoms with Gasteiger partial charge in [-0.25, -0.2) is 4.98 Å². The molecule has 0 unspecified atom stereocenters. The Morgan fingerprint density at radius 2 is 2.03 bits per heavy atom. The number of hydrogen-bond acceptors (Lipinski definition) is 3. The standard InChI is InChI=1S/C25H29N3O2/c1-4-12-27-17-20(16-24(27)29)25-26-22-8-5-6-9-23(22)28(25)13-7-14-30-21-11-10-18(2)19(3)15-21/h4-6,8-11,15,20H,1,7,12-14,16-17H2,2-3H3/t20-/m0/s1. The molecule has 0 N–H and O–H groups in total. The molecule has 156 valence electrons. The number of aromatic nitrogens is 2. The molecule has 5 heteroatoms. The van der Waals surface area contributed by atoms with Crippen molar-refractivity contribution >= 4 is 16.9 Å². The van der Waals surface area contributed by atoms with E-state index in [0.29, 0.717) is 26.1 Å². The molecular formula is C25H29N3O2. The van der Waals surface area contributed by atoms with Gasteiger partial charge in [-0.2, -0.15) is 0 Å². The molecule has 1 amide bonds. The minimum atomic E-state index is 0.116. The van der Waals surface area contributed by atoms with E-state index in [0.717, 1.165) is 35.6 Å². The second-order valence-corrected chi connectivity index (χ2v) is 8.05. The first-order valence-corrected chi connectivity index (χ1v) is 10.6. The van der Waals surface area contributed by atoms with Gasteiger partial charge < -0.3 is 14.2 Å². The summed E-state index contributed by atoms with van der Waals surface area (Å²) in [5.41, 5.74) is 4.62. The van der Waals surface area contributed by atoms with Gasteiger partial charge in [0.25, 0.3) is 0 Å². The zero-order valence-corrected chi connectivity index (χ0v) is 17.8. The Hall–Kier alpha value is -3.08. The van der Waals surface area contributed by atoms with Crippen molar-refractivity contribution in [3.63, 3.8) is 0 Å². The molecule has 3 aromatic rings. The van der Waals surface area contributed by atoms with Crippen LogP contribution in [0, 0.1) is 13.8 Å². The number of fused-ring (bicyclic) bond motifs is 1. The summed E-state index contributed by atoms with van der Waals surface area (Å²) in [6, 6.07) is 14.4. The minimum absolute atomic E-state index is 0.116. The van der Waals surface area contributed by atoms with Crippen LogP contribution >= 0.6 is 0 Å². The lowest BCUT2D eigenvalue weighted by atomic mass is 10.1. The molecule has 1 fully saturated rings. The van der Waals surface area contributed by atoms with Gasteiger partial charge in [0.15, 0.2) is 0 Å². The summed E-state index contributed by atoms with van der Waals surface area (Å²) in [6.45, 7) is 10.7. The molecule has 1 atom stereocenters. The molecule has 0 radical (unpaired) electrons. The molecule has 1 aliphatic heterocycles. The van der Waals surface area contributed by atoms with Gasteiger partial charge in [0.1, 0.15) is 11.6 Å². The zero-order chi connectivity index (χ0) is 21.1. The van der Waals surface area contributed by atoms with E-state index < -0.39 is 0 Å². The van der Waals surface area contributed by atoms with Crippen LogP contribution in [0.15, 0.2) is 55.1 Å². The number of para-hydroxylation sites is 2. The number of imidazole rings is 1. The number of likely N-dealkylation sites (tertiary alicyclic amines) is 1. The molecule has 4 rings (SSSR count). The SMILES string of the molecule is C=CCN1C[C@@H](c2nc3ccccc3n2CCCOc2ccc(C)c(C)c2)CC1=O. The first-order chi connectivity index (χ1) is 14.6. The molecule has 30 heavy (non-hydrogen) atoms. The van der Waals surface area contributed by atoms with Crippen molar-refractivity contribution in [3.05, 3.63) is 72.1 Å². The van der Waals surface area contributed by atoms with E-state index in [-0.39, 0.29) is 11.8 Å². The van der Waals surface area contributed by atoms with E-state index in [1.807, 2.05) is 29.2 Å². The molecule has 0 spiro atoms. The molecule has 1 aliphatic rings. The fraction of sp³-hybridized carbons (Fsp3) is 0.360. The average Bonchev–Trinajstić information content (AvgIpc) is 3.29. The number of aryl methyl sites for hydroxylation is 3. The summed E-state index contributed by atoms with van der Waals surface area (Å²) in [5.74, 6) is 2.21. The van der Waals surface area contributed by atoms with Crippen LogP contribution in [0.1, 0.15) is 35.7 Å². The van der Waals surface area contributed by atoms with Crippen molar-refractivity contribution in [2.24, 2.45) is 0 Å². The topological polar surface area (TPSA) is 47.4 Å². The lowest BCUT2D eigenvalue weighted by Crippen LogP contribution is -2.25. The van der Waals surface area contributed by atoms with E-state index in [9.17, 15) is 4.79 Å². The molecule has 2 aromatic carbocycles. The van der Waals surface area contributed by atoms with Crippen LogP contribution in [0.3, 0.4) is 0 Å². The molecule has 1 aromatic heterocycles. The van der Waals surface area contributed by atoms with E-state index in [4.69, 9.17) is 9.72 Å². The van der Waals surface area contributed by atoms with E-state index >= 15 is 0 Å². The van der Waals surface area contributed by atoms with Gasteiger partial charge in [-0.1, -0.05) is 24.3 Å². The van der Waals surface area contributed by atoms with E-state index in [2.05, 4.69) is 43.2 Å². The Balaban J connectivity index is 1.48. The van der Waals surface area contributed by atoms with Crippen molar-refractivity contribution in [1.82, 2.24) is 14.5 Å². The molecule has 0 aliphatic carbocycles. The average molecular weight is 404 g/mol. The fourth-order valence-electron chi connectivity index (χ4n) is 4.13. The highest BCUT2D eigenvalue weighted by molar-refractivity contribution is 5.81. The van der Waals surface area contributed by atoms with Crippen LogP contribution in [0.2, 0.25) is 0 Å². The maximum absolute atomic E-state index is 12.4. The normalized spacial score (nSPS) is 16.4. The fourth-order valence-corrected chi connectivity index (χ4v) is 4.13. The van der Waals surface area contributed by atoms with Crippen LogP contribution < -0.4 is 4.74 Å². The Morgan fingerprint density at radius 1 is 1.20 bits per heavy atom. The molecule has 0 saturated carbocycles. The van der Waals surface area contributed by atoms with Crippen molar-refractivity contribution in [2.45, 2.75) is 39.2 Å². The van der Waals surface area contributed by atoms with Gasteiger partial charge in [-0.15, -0.1) is 6.58 Å². The summed E-state index contributed by atoms with van der Waals surface area (Å²) in [7, 11) is 0. The third-order valence-electron chi connectivity index (χ3n) is 5.89. The summed E-state index contributed by atoms with van der Waals surface area (Å²) in [4.78, 5) is 19.1. The number of rotatable bonds is 8. The minimum Gasteiger partial charge on any atom is -0.494 e. The van der Waals surface area contributed by atoms with Crippen LogP contribution in [0.25, 0.3) is 11.0 Å². The zero-order valence-electron chi connectivity index (χ0n) is 17.8. The number of hydrogen-bond donors (Lipinski definition) is 0. The second kappa shape index (κ2) is 8.74. The van der Waals surface area contributed by atoms with E-state index in [1.165, 1.54) is 11.1 Å². The maximum atomic E-state index is 12.4. The molecular weight excluding hydrogens is 374 g/mol. The summed E-state index contributed by atoms with van der Waals surface area (Å²) >= 11 is 0. The maximum Gasteiger partial charge on any atom is 0.223 e. The van der Waals surface area contributed by atoms with Gasteiger partial charge >= 0.3 is 0 Å². The number of benzene rings is 2. The quantitative estimate of drug-likeness (QED) is 0.407. The molecule has 2 heterocycles. The van der Waals surface area contributed by atoms with Gasteiger partial charge in [-0.3, -0.25) is 4.79 Å². The van der Waals surface area contributed by atoms with Gasteiger partial charge in [0.05, 0.1) is 17.6 Å². The molecule has 1 saturated heterocycles. The first kappa shape index (κ1) is 20.2. The van der Waals surface area contributed by atoms with Gasteiger partial charge in [0, 0.05) is 32.0 Å². The van der Waals surface area contributed by atoms with Crippen molar-refractivity contribution in [3.8, 4) is 5.75 Å². The third kappa shape index (κ3) is 4.11. The van der Waals surface area contributed by atoms with Crippen molar-refractivity contribution in [2.75, 3.05) is 19.7 Å². The highest BCUT2D eigenvalue weighted by atomic mass is 16.5. The summed E-state index contributed by atoms with van der Waals surface area (Å²) in [6.07, 6.45) is 3.17. The highest BCUT2D eigenvalue weighted by Crippen LogP contribution is 2.30. The number of ether oxygens (including phenoxy) is 1. The lowest BCUT2D eigenvalue weighted by Gasteiger charge is -2.16. The van der Waals surface area contributed by atoms with Crippen molar-refractivity contribution in [1.29, 1.82) is 0 Å². The third-order valence-corrected chi connectivity index (χ3v) is 5.89. The lowest BCUT2D eigenvalue weighted by molar-refractivity contribution is -0.127. The number of nitrogens with zero attached hydrogens (tertiary/aromatic N) is 3. The van der Waals surface area contributed by atoms with Crippen LogP contribution in [0.5, 0.6) is 5.75 Å². The number of carbonyl (C=O) groups excluding carboxylic acids is 1. The van der Waals surface area contributed by atoms with Crippen LogP contribution in [0.4, 0.5) is 0 Å². The Bertz CT molecular complexity index is 1070. The molecule has 5 nitrogen and oxygen atoms in total. The van der Waals surface area contributed by atoms with Gasteiger partial charge in [0.2, 0.25) is 5.91 Å². The van der Waals surface area contributed by atoms with E-state index in [1.54, 1.807) is 6.08 Å². The van der Waals surface area contributed by atoms with Gasteiger partial charge in [-0.05, 0) is 55.7 Å². The monoisotopic (exact) mass is 403 g/mol. The number of amides is 1. The second-order valence-electron chi connectivity index (χ2n) is 8.05. The smallest absolute Gasteiger partial charge is 0.223 e. The van der Waals surface area contributed by atoms with Crippen LogP contribution in [-0.4, -0.2) is 40.1 Å². The first-order valence-electron chi connectivity index (χ1n) is 10.6. The predicted molar refractivity (Wildman–Crippen MR) is 120 cm³/mol. The summed E-state index contributed by atoms with van der Waals surface area (Å²) in [5, 5.41) is 0.